The first-order valence-corrected chi connectivity index (χ1v) is 10.0. The van der Waals surface area contributed by atoms with Crippen molar-refractivity contribution in [1.82, 2.24) is 15.1 Å². The molecule has 2 N–H and O–H groups in total. The summed E-state index contributed by atoms with van der Waals surface area (Å²) in [7, 11) is 0. The van der Waals surface area contributed by atoms with Crippen LogP contribution in [0, 0.1) is 11.7 Å². The second-order valence-electron chi connectivity index (χ2n) is 7.93. The maximum atomic E-state index is 14.6. The third-order valence-electron chi connectivity index (χ3n) is 6.02. The second-order valence-corrected chi connectivity index (χ2v) is 7.93. The maximum Gasteiger partial charge on any atom is 0.306 e. The number of carboxylic acids is 1. The number of amides is 1. The second kappa shape index (κ2) is 7.77. The van der Waals surface area contributed by atoms with Gasteiger partial charge in [0.25, 0.3) is 11.8 Å². The lowest BCUT2D eigenvalue weighted by molar-refractivity contribution is -0.142. The summed E-state index contributed by atoms with van der Waals surface area (Å²) in [6.07, 6.45) is 1.15. The summed E-state index contributed by atoms with van der Waals surface area (Å²) in [6.45, 7) is 0. The van der Waals surface area contributed by atoms with Gasteiger partial charge in [0.1, 0.15) is 11.5 Å². The van der Waals surface area contributed by atoms with Crippen molar-refractivity contribution in [3.63, 3.8) is 0 Å². The van der Waals surface area contributed by atoms with Crippen LogP contribution in [0.5, 0.6) is 0 Å². The predicted molar refractivity (Wildman–Crippen MR) is 101 cm³/mol. The summed E-state index contributed by atoms with van der Waals surface area (Å²) < 4.78 is 44.8. The molecule has 2 aromatic rings. The summed E-state index contributed by atoms with van der Waals surface area (Å²) in [4.78, 5) is 24.1. The number of benzene rings is 1. The van der Waals surface area contributed by atoms with E-state index in [9.17, 15) is 22.8 Å². The molecule has 2 aliphatic carbocycles. The average Bonchev–Trinajstić information content (AvgIpc) is 3.26. The maximum absolute atomic E-state index is 14.6. The van der Waals surface area contributed by atoms with Crippen LogP contribution in [0.4, 0.5) is 13.2 Å². The molecule has 0 radical (unpaired) electrons. The first-order chi connectivity index (χ1) is 14.3. The van der Waals surface area contributed by atoms with E-state index in [4.69, 9.17) is 5.11 Å². The quantitative estimate of drug-likeness (QED) is 0.740. The summed E-state index contributed by atoms with van der Waals surface area (Å²) in [5.41, 5.74) is 1.60. The van der Waals surface area contributed by atoms with Crippen molar-refractivity contribution in [2.75, 3.05) is 0 Å². The van der Waals surface area contributed by atoms with E-state index in [0.29, 0.717) is 24.1 Å². The normalized spacial score (nSPS) is 22.9. The molecule has 0 bridgehead atoms. The molecule has 1 saturated carbocycles. The molecule has 0 aliphatic heterocycles. The zero-order valence-corrected chi connectivity index (χ0v) is 16.2. The third-order valence-corrected chi connectivity index (χ3v) is 6.02. The minimum atomic E-state index is -3.21. The molecule has 4 rings (SSSR count). The minimum Gasteiger partial charge on any atom is -0.481 e. The van der Waals surface area contributed by atoms with Crippen molar-refractivity contribution < 1.29 is 27.9 Å². The molecule has 2 atom stereocenters. The standard InChI is InChI=1S/C21H22F3N3O3/c22-14-5-1-2-6-16(14)27-15-7-3-4-13(15)18(26-27)19(28)25-17-9-8-12(20(29)30)10-11-21(17,23)24/h1-2,5-6,12,17H,3-4,7-11H2,(H,25,28)(H,29,30)/t12-,17-/m1/s1. The van der Waals surface area contributed by atoms with Gasteiger partial charge in [-0.15, -0.1) is 0 Å². The summed E-state index contributed by atoms with van der Waals surface area (Å²) in [5, 5.41) is 15.8. The number of halogens is 3. The number of para-hydroxylation sites is 1. The van der Waals surface area contributed by atoms with Crippen molar-refractivity contribution in [3.8, 4) is 5.69 Å². The first kappa shape index (κ1) is 20.4. The number of hydrogen-bond acceptors (Lipinski definition) is 3. The van der Waals surface area contributed by atoms with Crippen LogP contribution in [0.2, 0.25) is 0 Å². The molecule has 1 aromatic heterocycles. The molecule has 1 heterocycles. The van der Waals surface area contributed by atoms with E-state index in [1.165, 1.54) is 10.7 Å². The van der Waals surface area contributed by atoms with Gasteiger partial charge in [-0.05, 0) is 50.7 Å². The number of carbonyl (C=O) groups is 2. The van der Waals surface area contributed by atoms with Crippen LogP contribution in [-0.4, -0.2) is 38.7 Å². The van der Waals surface area contributed by atoms with E-state index < -0.39 is 42.0 Å². The van der Waals surface area contributed by atoms with Crippen molar-refractivity contribution in [1.29, 1.82) is 0 Å². The molecule has 9 heteroatoms. The lowest BCUT2D eigenvalue weighted by Gasteiger charge is -2.25. The van der Waals surface area contributed by atoms with Gasteiger partial charge in [-0.2, -0.15) is 5.10 Å². The number of alkyl halides is 2. The Morgan fingerprint density at radius 2 is 1.93 bits per heavy atom. The lowest BCUT2D eigenvalue weighted by atomic mass is 10.0. The number of carboxylic acid groups (broad SMARTS) is 1. The van der Waals surface area contributed by atoms with Crippen molar-refractivity contribution in [2.45, 2.75) is 56.9 Å². The monoisotopic (exact) mass is 421 g/mol. The van der Waals surface area contributed by atoms with Crippen LogP contribution >= 0.6 is 0 Å². The van der Waals surface area contributed by atoms with E-state index in [1.807, 2.05) is 0 Å². The Labute approximate surface area is 171 Å². The van der Waals surface area contributed by atoms with Gasteiger partial charge in [-0.3, -0.25) is 9.59 Å². The number of carbonyl (C=O) groups excluding carboxylic acids is 1. The molecule has 1 aromatic carbocycles. The highest BCUT2D eigenvalue weighted by molar-refractivity contribution is 5.94. The van der Waals surface area contributed by atoms with Crippen molar-refractivity contribution in [2.24, 2.45) is 5.92 Å². The van der Waals surface area contributed by atoms with Gasteiger partial charge >= 0.3 is 5.97 Å². The zero-order valence-electron chi connectivity index (χ0n) is 16.2. The van der Waals surface area contributed by atoms with E-state index in [2.05, 4.69) is 10.4 Å². The Kier molecular flexibility index (Phi) is 5.29. The number of aliphatic carboxylic acids is 1. The number of aromatic nitrogens is 2. The number of nitrogens with zero attached hydrogens (tertiary/aromatic N) is 2. The fraction of sp³-hybridized carbons (Fsp3) is 0.476. The van der Waals surface area contributed by atoms with Crippen LogP contribution in [0.15, 0.2) is 24.3 Å². The van der Waals surface area contributed by atoms with Crippen LogP contribution in [0.25, 0.3) is 5.69 Å². The van der Waals surface area contributed by atoms with Crippen molar-refractivity contribution >= 4 is 11.9 Å². The first-order valence-electron chi connectivity index (χ1n) is 10.0. The summed E-state index contributed by atoms with van der Waals surface area (Å²) in [5.74, 6) is -6.38. The Bertz CT molecular complexity index is 989. The molecule has 0 saturated heterocycles. The highest BCUT2D eigenvalue weighted by atomic mass is 19.3. The average molecular weight is 421 g/mol. The van der Waals surface area contributed by atoms with Gasteiger partial charge in [0.05, 0.1) is 12.0 Å². The van der Waals surface area contributed by atoms with E-state index >= 15 is 0 Å². The Morgan fingerprint density at radius 1 is 1.17 bits per heavy atom. The molecular weight excluding hydrogens is 399 g/mol. The molecule has 1 amide bonds. The third kappa shape index (κ3) is 3.68. The fourth-order valence-electron chi connectivity index (χ4n) is 4.36. The zero-order chi connectivity index (χ0) is 21.5. The van der Waals surface area contributed by atoms with Gasteiger partial charge in [0.2, 0.25) is 0 Å². The molecule has 0 spiro atoms. The van der Waals surface area contributed by atoms with Gasteiger partial charge in [-0.1, -0.05) is 12.1 Å². The van der Waals surface area contributed by atoms with Crippen LogP contribution in [0.1, 0.15) is 53.8 Å². The van der Waals surface area contributed by atoms with Crippen LogP contribution in [-0.2, 0) is 17.6 Å². The topological polar surface area (TPSA) is 84.2 Å². The van der Waals surface area contributed by atoms with E-state index in [0.717, 1.165) is 6.42 Å². The molecule has 6 nitrogen and oxygen atoms in total. The van der Waals surface area contributed by atoms with E-state index in [-0.39, 0.29) is 30.6 Å². The SMILES string of the molecule is O=C(N[C@@H]1CC[C@@H](C(=O)O)CCC1(F)F)c1nn(-c2ccccc2F)c2c1CCC2. The lowest BCUT2D eigenvalue weighted by Crippen LogP contribution is -2.47. The van der Waals surface area contributed by atoms with E-state index in [1.54, 1.807) is 18.2 Å². The predicted octanol–water partition coefficient (Wildman–Crippen LogP) is 3.51. The number of hydrogen-bond donors (Lipinski definition) is 2. The Hall–Kier alpha value is -2.84. The summed E-state index contributed by atoms with van der Waals surface area (Å²) in [6, 6.07) is 4.59. The van der Waals surface area contributed by atoms with Gasteiger partial charge in [0.15, 0.2) is 5.69 Å². The number of nitrogens with one attached hydrogen (secondary N) is 1. The number of fused-ring (bicyclic) bond motifs is 1. The Morgan fingerprint density at radius 3 is 2.67 bits per heavy atom. The highest BCUT2D eigenvalue weighted by Crippen LogP contribution is 2.36. The van der Waals surface area contributed by atoms with Gasteiger partial charge in [-0.25, -0.2) is 17.9 Å². The summed E-state index contributed by atoms with van der Waals surface area (Å²) >= 11 is 0. The Balaban J connectivity index is 1.61. The van der Waals surface area contributed by atoms with Gasteiger partial charge < -0.3 is 10.4 Å². The fourth-order valence-corrected chi connectivity index (χ4v) is 4.36. The van der Waals surface area contributed by atoms with Crippen LogP contribution < -0.4 is 5.32 Å². The molecule has 30 heavy (non-hydrogen) atoms. The highest BCUT2D eigenvalue weighted by Gasteiger charge is 2.44. The molecule has 1 fully saturated rings. The van der Waals surface area contributed by atoms with Crippen molar-refractivity contribution in [3.05, 3.63) is 47.0 Å². The molecular formula is C21H22F3N3O3. The molecule has 0 unspecified atom stereocenters. The number of rotatable bonds is 4. The van der Waals surface area contributed by atoms with Gasteiger partial charge in [0, 0.05) is 17.7 Å². The smallest absolute Gasteiger partial charge is 0.306 e. The molecule has 160 valence electrons. The van der Waals surface area contributed by atoms with Crippen LogP contribution in [0.3, 0.4) is 0 Å². The minimum absolute atomic E-state index is 0.0283. The largest absolute Gasteiger partial charge is 0.481 e. The molecule has 2 aliphatic rings.